The lowest BCUT2D eigenvalue weighted by atomic mass is 10.0. The Hall–Kier alpha value is -3.13. The topological polar surface area (TPSA) is 96.0 Å². The summed E-state index contributed by atoms with van der Waals surface area (Å²) >= 11 is 0. The van der Waals surface area contributed by atoms with Gasteiger partial charge in [-0.05, 0) is 29.8 Å². The van der Waals surface area contributed by atoms with Gasteiger partial charge in [-0.25, -0.2) is 0 Å². The molecule has 0 unspecified atom stereocenters. The summed E-state index contributed by atoms with van der Waals surface area (Å²) in [6.45, 7) is 0. The molecular formula is C17H15N3O2. The molecule has 5 nitrogen and oxygen atoms in total. The van der Waals surface area contributed by atoms with Gasteiger partial charge in [-0.1, -0.05) is 30.3 Å². The summed E-state index contributed by atoms with van der Waals surface area (Å²) in [6, 6.07) is 16.7. The number of rotatable bonds is 5. The first-order valence-electron chi connectivity index (χ1n) is 6.74. The first-order valence-corrected chi connectivity index (χ1v) is 6.74. The minimum atomic E-state index is -0.832. The number of nitrogens with one attached hydrogen (secondary N) is 1. The molecular weight excluding hydrogens is 278 g/mol. The third kappa shape index (κ3) is 3.93. The van der Waals surface area contributed by atoms with Crippen LogP contribution in [0.4, 0.5) is 0 Å². The van der Waals surface area contributed by atoms with Gasteiger partial charge < -0.3 is 11.1 Å². The summed E-state index contributed by atoms with van der Waals surface area (Å²) in [6.07, 6.45) is 0.240. The number of nitriles is 1. The van der Waals surface area contributed by atoms with E-state index in [4.69, 9.17) is 11.0 Å². The van der Waals surface area contributed by atoms with Crippen LogP contribution < -0.4 is 11.1 Å². The summed E-state index contributed by atoms with van der Waals surface area (Å²) in [5.74, 6) is -0.979. The van der Waals surface area contributed by atoms with E-state index < -0.39 is 11.9 Å². The molecule has 5 heteroatoms. The van der Waals surface area contributed by atoms with Crippen LogP contribution in [0, 0.1) is 11.3 Å². The van der Waals surface area contributed by atoms with Crippen LogP contribution in [0.1, 0.15) is 21.5 Å². The lowest BCUT2D eigenvalue weighted by Gasteiger charge is -2.15. The molecule has 0 spiro atoms. The van der Waals surface area contributed by atoms with Crippen molar-refractivity contribution in [3.63, 3.8) is 0 Å². The van der Waals surface area contributed by atoms with E-state index in [0.717, 1.165) is 5.56 Å². The molecule has 0 radical (unpaired) electrons. The molecule has 0 bridgehead atoms. The predicted molar refractivity (Wildman–Crippen MR) is 81.8 cm³/mol. The standard InChI is InChI=1S/C17H15N3O2/c18-11-13-6-4-5-12(9-13)10-15(16(19)21)20-17(22)14-7-2-1-3-8-14/h1-9,15H,10H2,(H2,19,21)(H,20,22)/t15-/m0/s1. The molecule has 2 amide bonds. The van der Waals surface area contributed by atoms with Crippen molar-refractivity contribution in [1.82, 2.24) is 5.32 Å². The van der Waals surface area contributed by atoms with E-state index in [2.05, 4.69) is 5.32 Å². The van der Waals surface area contributed by atoms with Gasteiger partial charge in [0, 0.05) is 12.0 Å². The minimum Gasteiger partial charge on any atom is -0.368 e. The van der Waals surface area contributed by atoms with Gasteiger partial charge >= 0.3 is 0 Å². The second-order valence-electron chi connectivity index (χ2n) is 4.81. The molecule has 0 saturated carbocycles. The summed E-state index contributed by atoms with van der Waals surface area (Å²) in [5.41, 5.74) is 7.08. The lowest BCUT2D eigenvalue weighted by Crippen LogP contribution is -2.45. The van der Waals surface area contributed by atoms with Gasteiger partial charge in [0.15, 0.2) is 0 Å². The van der Waals surface area contributed by atoms with Gasteiger partial charge in [-0.3, -0.25) is 9.59 Å². The molecule has 2 aromatic carbocycles. The molecule has 3 N–H and O–H groups in total. The van der Waals surface area contributed by atoms with Crippen LogP contribution in [-0.4, -0.2) is 17.9 Å². The molecule has 1 atom stereocenters. The molecule has 0 saturated heterocycles. The number of carbonyl (C=O) groups excluding carboxylic acids is 2. The molecule has 0 fully saturated rings. The molecule has 0 heterocycles. The highest BCUT2D eigenvalue weighted by atomic mass is 16.2. The zero-order valence-electron chi connectivity index (χ0n) is 11.8. The van der Waals surface area contributed by atoms with Crippen LogP contribution in [0.25, 0.3) is 0 Å². The van der Waals surface area contributed by atoms with Crippen molar-refractivity contribution in [2.24, 2.45) is 5.73 Å². The number of benzene rings is 2. The van der Waals surface area contributed by atoms with E-state index in [1.165, 1.54) is 0 Å². The Kier molecular flexibility index (Phi) is 4.89. The van der Waals surface area contributed by atoms with Crippen molar-refractivity contribution in [3.05, 3.63) is 71.3 Å². The average Bonchev–Trinajstić information content (AvgIpc) is 2.55. The first-order chi connectivity index (χ1) is 10.6. The smallest absolute Gasteiger partial charge is 0.251 e. The second kappa shape index (κ2) is 7.04. The highest BCUT2D eigenvalue weighted by molar-refractivity contribution is 5.97. The van der Waals surface area contributed by atoms with Crippen molar-refractivity contribution in [2.75, 3.05) is 0 Å². The number of carbonyl (C=O) groups is 2. The van der Waals surface area contributed by atoms with Gasteiger partial charge in [0.05, 0.1) is 11.6 Å². The third-order valence-corrected chi connectivity index (χ3v) is 3.18. The average molecular weight is 293 g/mol. The van der Waals surface area contributed by atoms with Gasteiger partial charge in [0.25, 0.3) is 5.91 Å². The normalized spacial score (nSPS) is 11.2. The van der Waals surface area contributed by atoms with Crippen LogP contribution in [0.3, 0.4) is 0 Å². The molecule has 22 heavy (non-hydrogen) atoms. The van der Waals surface area contributed by atoms with E-state index in [9.17, 15) is 9.59 Å². The Balaban J connectivity index is 2.12. The number of amides is 2. The predicted octanol–water partition coefficient (Wildman–Crippen LogP) is 1.38. The van der Waals surface area contributed by atoms with Gasteiger partial charge in [0.1, 0.15) is 6.04 Å². The van der Waals surface area contributed by atoms with Crippen LogP contribution in [0.2, 0.25) is 0 Å². The van der Waals surface area contributed by atoms with E-state index in [1.54, 1.807) is 54.6 Å². The molecule has 2 rings (SSSR count). The quantitative estimate of drug-likeness (QED) is 0.871. The highest BCUT2D eigenvalue weighted by Crippen LogP contribution is 2.08. The van der Waals surface area contributed by atoms with E-state index in [1.807, 2.05) is 6.07 Å². The first kappa shape index (κ1) is 15.3. The van der Waals surface area contributed by atoms with Crippen molar-refractivity contribution >= 4 is 11.8 Å². The highest BCUT2D eigenvalue weighted by Gasteiger charge is 2.19. The fourth-order valence-electron chi connectivity index (χ4n) is 2.06. The van der Waals surface area contributed by atoms with E-state index >= 15 is 0 Å². The van der Waals surface area contributed by atoms with Crippen LogP contribution in [-0.2, 0) is 11.2 Å². The summed E-state index contributed by atoms with van der Waals surface area (Å²) in [5, 5.41) is 11.5. The Morgan fingerprint density at radius 2 is 1.86 bits per heavy atom. The summed E-state index contributed by atoms with van der Waals surface area (Å²) in [4.78, 5) is 23.7. The third-order valence-electron chi connectivity index (χ3n) is 3.18. The monoisotopic (exact) mass is 293 g/mol. The van der Waals surface area contributed by atoms with Gasteiger partial charge in [0.2, 0.25) is 5.91 Å². The number of nitrogens with zero attached hydrogens (tertiary/aromatic N) is 1. The SMILES string of the molecule is N#Cc1cccc(C[C@H](NC(=O)c2ccccc2)C(N)=O)c1. The fraction of sp³-hybridized carbons (Fsp3) is 0.118. The van der Waals surface area contributed by atoms with Crippen molar-refractivity contribution < 1.29 is 9.59 Å². The molecule has 110 valence electrons. The van der Waals surface area contributed by atoms with Crippen LogP contribution >= 0.6 is 0 Å². The lowest BCUT2D eigenvalue weighted by molar-refractivity contribution is -0.119. The zero-order valence-corrected chi connectivity index (χ0v) is 11.8. The van der Waals surface area contributed by atoms with Crippen LogP contribution in [0.5, 0.6) is 0 Å². The van der Waals surface area contributed by atoms with Gasteiger partial charge in [-0.2, -0.15) is 5.26 Å². The Morgan fingerprint density at radius 3 is 2.50 bits per heavy atom. The van der Waals surface area contributed by atoms with Crippen LogP contribution in [0.15, 0.2) is 54.6 Å². The van der Waals surface area contributed by atoms with Crippen molar-refractivity contribution in [3.8, 4) is 6.07 Å². The largest absolute Gasteiger partial charge is 0.368 e. The fourth-order valence-corrected chi connectivity index (χ4v) is 2.06. The van der Waals surface area contributed by atoms with Crippen molar-refractivity contribution in [1.29, 1.82) is 5.26 Å². The maximum Gasteiger partial charge on any atom is 0.251 e. The second-order valence-corrected chi connectivity index (χ2v) is 4.81. The van der Waals surface area contributed by atoms with E-state index in [0.29, 0.717) is 11.1 Å². The maximum atomic E-state index is 12.1. The number of nitrogens with two attached hydrogens (primary N) is 1. The zero-order chi connectivity index (χ0) is 15.9. The molecule has 0 aliphatic heterocycles. The van der Waals surface area contributed by atoms with Gasteiger partial charge in [-0.15, -0.1) is 0 Å². The Morgan fingerprint density at radius 1 is 1.14 bits per heavy atom. The van der Waals surface area contributed by atoms with E-state index in [-0.39, 0.29) is 12.3 Å². The number of hydrogen-bond donors (Lipinski definition) is 2. The Labute approximate surface area is 128 Å². The molecule has 0 aromatic heterocycles. The molecule has 0 aliphatic carbocycles. The molecule has 0 aliphatic rings. The number of primary amides is 1. The number of hydrogen-bond acceptors (Lipinski definition) is 3. The molecule has 2 aromatic rings. The Bertz CT molecular complexity index is 720. The summed E-state index contributed by atoms with van der Waals surface area (Å²) in [7, 11) is 0. The minimum absolute atomic E-state index is 0.240. The summed E-state index contributed by atoms with van der Waals surface area (Å²) < 4.78 is 0. The van der Waals surface area contributed by atoms with Crippen molar-refractivity contribution in [2.45, 2.75) is 12.5 Å². The maximum absolute atomic E-state index is 12.1.